The molecule has 2 nitrogen and oxygen atoms in total. The zero-order valence-electron chi connectivity index (χ0n) is 11.6. The van der Waals surface area contributed by atoms with E-state index in [4.69, 9.17) is 11.6 Å². The van der Waals surface area contributed by atoms with Crippen molar-refractivity contribution < 1.29 is 0 Å². The van der Waals surface area contributed by atoms with Gasteiger partial charge in [0.25, 0.3) is 0 Å². The molecule has 1 aromatic heterocycles. The maximum atomic E-state index is 6.24. The predicted molar refractivity (Wildman–Crippen MR) is 80.7 cm³/mol. The van der Waals surface area contributed by atoms with Crippen LogP contribution >= 0.6 is 11.6 Å². The SMILES string of the molecule is CCNC(c1ccc(C)c(Cl)c1)c1cccnc1C. The average molecular weight is 275 g/mol. The number of nitrogens with zero attached hydrogens (tertiary/aromatic N) is 1. The van der Waals surface area contributed by atoms with Crippen LogP contribution in [0.1, 0.15) is 35.3 Å². The van der Waals surface area contributed by atoms with Gasteiger partial charge in [0.15, 0.2) is 0 Å². The fraction of sp³-hybridized carbons (Fsp3) is 0.312. The van der Waals surface area contributed by atoms with Gasteiger partial charge in [-0.15, -0.1) is 0 Å². The summed E-state index contributed by atoms with van der Waals surface area (Å²) in [4.78, 5) is 4.37. The molecule has 2 rings (SSSR count). The number of aryl methyl sites for hydroxylation is 2. The summed E-state index contributed by atoms with van der Waals surface area (Å²) in [6, 6.07) is 10.5. The number of pyridine rings is 1. The van der Waals surface area contributed by atoms with Crippen molar-refractivity contribution in [1.82, 2.24) is 10.3 Å². The van der Waals surface area contributed by atoms with E-state index in [9.17, 15) is 0 Å². The number of hydrogen-bond acceptors (Lipinski definition) is 2. The van der Waals surface area contributed by atoms with Crippen molar-refractivity contribution in [3.05, 3.63) is 63.9 Å². The van der Waals surface area contributed by atoms with Crippen LogP contribution < -0.4 is 5.32 Å². The molecule has 0 radical (unpaired) electrons. The van der Waals surface area contributed by atoms with Gasteiger partial charge >= 0.3 is 0 Å². The van der Waals surface area contributed by atoms with Crippen LogP contribution in [0, 0.1) is 13.8 Å². The van der Waals surface area contributed by atoms with Crippen molar-refractivity contribution in [1.29, 1.82) is 0 Å². The highest BCUT2D eigenvalue weighted by Gasteiger charge is 2.16. The third kappa shape index (κ3) is 3.14. The molecule has 3 heteroatoms. The summed E-state index contributed by atoms with van der Waals surface area (Å²) < 4.78 is 0. The molecule has 0 saturated carbocycles. The minimum atomic E-state index is 0.136. The molecule has 0 fully saturated rings. The molecule has 0 bridgehead atoms. The van der Waals surface area contributed by atoms with Gasteiger partial charge in [-0.2, -0.15) is 0 Å². The van der Waals surface area contributed by atoms with Crippen molar-refractivity contribution in [2.45, 2.75) is 26.8 Å². The van der Waals surface area contributed by atoms with Crippen molar-refractivity contribution in [3.8, 4) is 0 Å². The Morgan fingerprint density at radius 1 is 1.26 bits per heavy atom. The topological polar surface area (TPSA) is 24.9 Å². The number of halogens is 1. The van der Waals surface area contributed by atoms with Gasteiger partial charge < -0.3 is 5.32 Å². The molecule has 0 spiro atoms. The lowest BCUT2D eigenvalue weighted by molar-refractivity contribution is 0.624. The Labute approximate surface area is 119 Å². The summed E-state index contributed by atoms with van der Waals surface area (Å²) in [6.45, 7) is 7.05. The Morgan fingerprint density at radius 2 is 2.05 bits per heavy atom. The molecule has 1 atom stereocenters. The van der Waals surface area contributed by atoms with Crippen molar-refractivity contribution in [2.24, 2.45) is 0 Å². The van der Waals surface area contributed by atoms with Crippen LogP contribution in [0.3, 0.4) is 0 Å². The molecule has 0 amide bonds. The standard InChI is InChI=1S/C16H19ClN2/c1-4-18-16(14-6-5-9-19-12(14)3)13-8-7-11(2)15(17)10-13/h5-10,16,18H,4H2,1-3H3. The Hall–Kier alpha value is -1.38. The lowest BCUT2D eigenvalue weighted by Crippen LogP contribution is -2.23. The largest absolute Gasteiger partial charge is 0.306 e. The van der Waals surface area contributed by atoms with Gasteiger partial charge in [-0.25, -0.2) is 0 Å². The summed E-state index contributed by atoms with van der Waals surface area (Å²) in [7, 11) is 0. The van der Waals surface area contributed by atoms with E-state index in [0.29, 0.717) is 0 Å². The van der Waals surface area contributed by atoms with Crippen LogP contribution in [0.4, 0.5) is 0 Å². The Kier molecular flexibility index (Phi) is 4.56. The summed E-state index contributed by atoms with van der Waals surface area (Å²) in [5.41, 5.74) is 4.52. The Balaban J connectivity index is 2.45. The first-order valence-electron chi connectivity index (χ1n) is 6.54. The molecule has 1 aromatic carbocycles. The van der Waals surface area contributed by atoms with Crippen molar-refractivity contribution in [3.63, 3.8) is 0 Å². The van der Waals surface area contributed by atoms with Crippen LogP contribution in [0.25, 0.3) is 0 Å². The predicted octanol–water partition coefficient (Wildman–Crippen LogP) is 4.05. The number of benzene rings is 1. The zero-order chi connectivity index (χ0) is 13.8. The van der Waals surface area contributed by atoms with Crippen LogP contribution in [-0.2, 0) is 0 Å². The summed E-state index contributed by atoms with van der Waals surface area (Å²) in [5.74, 6) is 0. The number of rotatable bonds is 4. The van der Waals surface area contributed by atoms with E-state index in [2.05, 4.69) is 35.4 Å². The van der Waals surface area contributed by atoms with Gasteiger partial charge in [0.2, 0.25) is 0 Å². The van der Waals surface area contributed by atoms with E-state index in [1.807, 2.05) is 32.2 Å². The van der Waals surface area contributed by atoms with Crippen LogP contribution in [-0.4, -0.2) is 11.5 Å². The van der Waals surface area contributed by atoms with Crippen molar-refractivity contribution in [2.75, 3.05) is 6.54 Å². The van der Waals surface area contributed by atoms with Crippen LogP contribution in [0.5, 0.6) is 0 Å². The van der Waals surface area contributed by atoms with Gasteiger partial charge in [0.1, 0.15) is 0 Å². The van der Waals surface area contributed by atoms with Gasteiger partial charge in [-0.05, 0) is 49.2 Å². The van der Waals surface area contributed by atoms with E-state index in [1.165, 1.54) is 11.1 Å². The second kappa shape index (κ2) is 6.18. The number of aromatic nitrogens is 1. The summed E-state index contributed by atoms with van der Waals surface area (Å²) >= 11 is 6.24. The molecule has 1 N–H and O–H groups in total. The molecule has 0 aliphatic rings. The van der Waals surface area contributed by atoms with Gasteiger partial charge in [-0.1, -0.05) is 36.7 Å². The maximum Gasteiger partial charge on any atom is 0.0595 e. The molecular weight excluding hydrogens is 256 g/mol. The molecule has 100 valence electrons. The third-order valence-corrected chi connectivity index (χ3v) is 3.70. The monoisotopic (exact) mass is 274 g/mol. The fourth-order valence-electron chi connectivity index (χ4n) is 2.20. The van der Waals surface area contributed by atoms with Crippen LogP contribution in [0.2, 0.25) is 5.02 Å². The Bertz CT molecular complexity index is 566. The highest BCUT2D eigenvalue weighted by molar-refractivity contribution is 6.31. The first-order valence-corrected chi connectivity index (χ1v) is 6.92. The van der Waals surface area contributed by atoms with Gasteiger partial charge in [0.05, 0.1) is 6.04 Å². The molecular formula is C16H19ClN2. The molecule has 0 aliphatic carbocycles. The average Bonchev–Trinajstić information content (AvgIpc) is 2.40. The minimum absolute atomic E-state index is 0.136. The molecule has 19 heavy (non-hydrogen) atoms. The lowest BCUT2D eigenvalue weighted by atomic mass is 9.97. The quantitative estimate of drug-likeness (QED) is 0.910. The van der Waals surface area contributed by atoms with Crippen molar-refractivity contribution >= 4 is 11.6 Å². The van der Waals surface area contributed by atoms with E-state index in [1.54, 1.807) is 0 Å². The van der Waals surface area contributed by atoms with Gasteiger partial charge in [-0.3, -0.25) is 4.98 Å². The lowest BCUT2D eigenvalue weighted by Gasteiger charge is -2.21. The van der Waals surface area contributed by atoms with Crippen LogP contribution in [0.15, 0.2) is 36.5 Å². The second-order valence-electron chi connectivity index (χ2n) is 4.68. The molecule has 0 aliphatic heterocycles. The highest BCUT2D eigenvalue weighted by Crippen LogP contribution is 2.27. The molecule has 1 heterocycles. The summed E-state index contributed by atoms with van der Waals surface area (Å²) in [6.07, 6.45) is 1.82. The first-order chi connectivity index (χ1) is 9.13. The third-order valence-electron chi connectivity index (χ3n) is 3.30. The number of hydrogen-bond donors (Lipinski definition) is 1. The van der Waals surface area contributed by atoms with Gasteiger partial charge in [0, 0.05) is 16.9 Å². The second-order valence-corrected chi connectivity index (χ2v) is 5.08. The minimum Gasteiger partial charge on any atom is -0.306 e. The van der Waals surface area contributed by atoms with E-state index in [0.717, 1.165) is 22.8 Å². The first kappa shape index (κ1) is 14.0. The highest BCUT2D eigenvalue weighted by atomic mass is 35.5. The smallest absolute Gasteiger partial charge is 0.0595 e. The molecule has 2 aromatic rings. The molecule has 1 unspecified atom stereocenters. The van der Waals surface area contributed by atoms with E-state index >= 15 is 0 Å². The fourth-order valence-corrected chi connectivity index (χ4v) is 2.39. The summed E-state index contributed by atoms with van der Waals surface area (Å²) in [5, 5.41) is 4.31. The van der Waals surface area contributed by atoms with E-state index < -0.39 is 0 Å². The maximum absolute atomic E-state index is 6.24. The number of nitrogens with one attached hydrogen (secondary N) is 1. The zero-order valence-corrected chi connectivity index (χ0v) is 12.3. The molecule has 0 saturated heterocycles. The van der Waals surface area contributed by atoms with E-state index in [-0.39, 0.29) is 6.04 Å². The Morgan fingerprint density at radius 3 is 2.68 bits per heavy atom. The normalized spacial score (nSPS) is 12.4.